The summed E-state index contributed by atoms with van der Waals surface area (Å²) >= 11 is 0. The summed E-state index contributed by atoms with van der Waals surface area (Å²) in [6.07, 6.45) is 3.28. The second-order valence-electron chi connectivity index (χ2n) is 1.87. The van der Waals surface area contributed by atoms with Crippen molar-refractivity contribution >= 4 is 5.91 Å². The molecule has 0 aromatic carbocycles. The Morgan fingerprint density at radius 3 is 2.40 bits per heavy atom. The van der Waals surface area contributed by atoms with Crippen LogP contribution in [0.4, 0.5) is 0 Å². The predicted molar refractivity (Wildman–Crippen MR) is 39.5 cm³/mol. The molecule has 58 valence electrons. The smallest absolute Gasteiger partial charge is 0.226 e. The zero-order valence-electron chi connectivity index (χ0n) is 5.92. The molecule has 10 heavy (non-hydrogen) atoms. The lowest BCUT2D eigenvalue weighted by Gasteiger charge is -2.05. The predicted octanol–water partition coefficient (Wildman–Crippen LogP) is -0.429. The average Bonchev–Trinajstić information content (AvgIpc) is 2.39. The van der Waals surface area contributed by atoms with Gasteiger partial charge in [0.05, 0.1) is 0 Å². The van der Waals surface area contributed by atoms with Gasteiger partial charge in [-0.15, -0.1) is 0 Å². The van der Waals surface area contributed by atoms with Crippen LogP contribution in [0.25, 0.3) is 0 Å². The summed E-state index contributed by atoms with van der Waals surface area (Å²) in [5.74, 6) is 8.21. The Morgan fingerprint density at radius 2 is 2.20 bits per heavy atom. The highest BCUT2D eigenvalue weighted by Gasteiger charge is 2.15. The van der Waals surface area contributed by atoms with Crippen LogP contribution in [0.5, 0.6) is 0 Å². The van der Waals surface area contributed by atoms with E-state index in [2.05, 4.69) is 18.3 Å². The van der Waals surface area contributed by atoms with Crippen molar-refractivity contribution in [1.29, 1.82) is 0 Å². The van der Waals surface area contributed by atoms with E-state index in [9.17, 15) is 4.79 Å². The van der Waals surface area contributed by atoms with Crippen LogP contribution in [-0.2, 0) is 4.79 Å². The van der Waals surface area contributed by atoms with Crippen molar-refractivity contribution in [2.24, 2.45) is 11.7 Å². The fourth-order valence-electron chi connectivity index (χ4n) is 0.862. The largest absolute Gasteiger partial charge is 0.320 e. The number of carbonyl (C=O) groups excluding carboxylic acids is 1. The number of rotatable bonds is 1. The number of nitrogens with zero attached hydrogens (tertiary/aromatic N) is 1. The van der Waals surface area contributed by atoms with Gasteiger partial charge in [0.15, 0.2) is 0 Å². The SMILES string of the molecule is C=CN1CCCC1=O.NN. The van der Waals surface area contributed by atoms with Gasteiger partial charge in [-0.05, 0) is 12.6 Å². The van der Waals surface area contributed by atoms with E-state index in [0.717, 1.165) is 13.0 Å². The van der Waals surface area contributed by atoms with Crippen molar-refractivity contribution in [3.8, 4) is 0 Å². The maximum atomic E-state index is 10.7. The van der Waals surface area contributed by atoms with Gasteiger partial charge in [-0.3, -0.25) is 16.5 Å². The lowest BCUT2D eigenvalue weighted by molar-refractivity contribution is -0.125. The number of likely N-dealkylation sites (tertiary alicyclic amines) is 1. The summed E-state index contributed by atoms with van der Waals surface area (Å²) in [6.45, 7) is 4.36. The third kappa shape index (κ3) is 2.16. The van der Waals surface area contributed by atoms with Crippen LogP contribution in [0.3, 0.4) is 0 Å². The molecule has 0 bridgehead atoms. The van der Waals surface area contributed by atoms with Crippen LogP contribution in [0.2, 0.25) is 0 Å². The van der Waals surface area contributed by atoms with Crippen molar-refractivity contribution in [3.05, 3.63) is 12.8 Å². The normalized spacial score (nSPS) is 16.2. The van der Waals surface area contributed by atoms with Crippen molar-refractivity contribution in [3.63, 3.8) is 0 Å². The van der Waals surface area contributed by atoms with E-state index in [1.807, 2.05) is 0 Å². The molecule has 1 rings (SSSR count). The van der Waals surface area contributed by atoms with E-state index in [1.54, 1.807) is 11.1 Å². The second-order valence-corrected chi connectivity index (χ2v) is 1.87. The molecule has 0 unspecified atom stereocenters. The van der Waals surface area contributed by atoms with E-state index >= 15 is 0 Å². The molecule has 0 saturated carbocycles. The van der Waals surface area contributed by atoms with E-state index in [-0.39, 0.29) is 5.91 Å². The molecule has 0 radical (unpaired) electrons. The molecule has 1 amide bonds. The molecule has 1 heterocycles. The molecular weight excluding hydrogens is 130 g/mol. The molecule has 0 aromatic heterocycles. The Balaban J connectivity index is 0.000000371. The third-order valence-corrected chi connectivity index (χ3v) is 1.33. The van der Waals surface area contributed by atoms with Crippen LogP contribution in [-0.4, -0.2) is 17.4 Å². The Labute approximate surface area is 60.4 Å². The van der Waals surface area contributed by atoms with Gasteiger partial charge in [0.2, 0.25) is 5.91 Å². The highest BCUT2D eigenvalue weighted by molar-refractivity contribution is 5.78. The highest BCUT2D eigenvalue weighted by atomic mass is 16.2. The van der Waals surface area contributed by atoms with Crippen molar-refractivity contribution < 1.29 is 4.79 Å². The number of hydrazine groups is 1. The topological polar surface area (TPSA) is 72.3 Å². The molecule has 4 N–H and O–H groups in total. The van der Waals surface area contributed by atoms with Gasteiger partial charge in [-0.25, -0.2) is 0 Å². The summed E-state index contributed by atoms with van der Waals surface area (Å²) in [7, 11) is 0. The Bertz CT molecular complexity index is 124. The first-order chi connectivity index (χ1) is 4.84. The number of amides is 1. The fourth-order valence-corrected chi connectivity index (χ4v) is 0.862. The van der Waals surface area contributed by atoms with E-state index in [4.69, 9.17) is 0 Å². The standard InChI is InChI=1S/C6H9NO.H4N2/c1-2-7-5-3-4-6(7)8;1-2/h2H,1,3-5H2;1-2H2. The number of carbonyl (C=O) groups is 1. The zero-order chi connectivity index (χ0) is 7.98. The van der Waals surface area contributed by atoms with E-state index < -0.39 is 0 Å². The van der Waals surface area contributed by atoms with Crippen LogP contribution in [0.15, 0.2) is 12.8 Å². The minimum absolute atomic E-state index is 0.208. The molecular formula is C6H13N3O. The Kier molecular flexibility index (Phi) is 4.53. The second kappa shape index (κ2) is 4.96. The van der Waals surface area contributed by atoms with Crippen LogP contribution in [0, 0.1) is 0 Å². The van der Waals surface area contributed by atoms with Crippen molar-refractivity contribution in [2.75, 3.05) is 6.54 Å². The van der Waals surface area contributed by atoms with Gasteiger partial charge in [-0.1, -0.05) is 6.58 Å². The van der Waals surface area contributed by atoms with Gasteiger partial charge in [-0.2, -0.15) is 0 Å². The molecule has 0 aliphatic carbocycles. The van der Waals surface area contributed by atoms with Gasteiger partial charge >= 0.3 is 0 Å². The summed E-state index contributed by atoms with van der Waals surface area (Å²) in [5, 5.41) is 0. The molecule has 0 atom stereocenters. The first-order valence-electron chi connectivity index (χ1n) is 3.10. The first-order valence-corrected chi connectivity index (χ1v) is 3.10. The minimum Gasteiger partial charge on any atom is -0.320 e. The van der Waals surface area contributed by atoms with Gasteiger partial charge in [0.1, 0.15) is 0 Å². The molecule has 1 saturated heterocycles. The third-order valence-electron chi connectivity index (χ3n) is 1.33. The molecule has 4 nitrogen and oxygen atoms in total. The van der Waals surface area contributed by atoms with Crippen LogP contribution >= 0.6 is 0 Å². The quantitative estimate of drug-likeness (QED) is 0.386. The summed E-state index contributed by atoms with van der Waals surface area (Å²) in [6, 6.07) is 0. The molecule has 1 fully saturated rings. The number of hydrogen-bond acceptors (Lipinski definition) is 3. The Morgan fingerprint density at radius 1 is 1.60 bits per heavy atom. The first kappa shape index (κ1) is 9.13. The lowest BCUT2D eigenvalue weighted by Crippen LogP contribution is -2.16. The number of nitrogens with two attached hydrogens (primary N) is 2. The monoisotopic (exact) mass is 143 g/mol. The molecule has 0 aromatic rings. The van der Waals surface area contributed by atoms with Gasteiger partial charge in [0.25, 0.3) is 0 Å². The fraction of sp³-hybridized carbons (Fsp3) is 0.500. The maximum Gasteiger partial charge on any atom is 0.226 e. The Hall–Kier alpha value is -0.870. The molecule has 1 aliphatic rings. The lowest BCUT2D eigenvalue weighted by atomic mass is 10.4. The van der Waals surface area contributed by atoms with E-state index in [1.165, 1.54) is 0 Å². The van der Waals surface area contributed by atoms with Gasteiger partial charge in [0, 0.05) is 13.0 Å². The number of hydrogen-bond donors (Lipinski definition) is 2. The summed E-state index contributed by atoms with van der Waals surface area (Å²) in [5.41, 5.74) is 0. The van der Waals surface area contributed by atoms with Crippen molar-refractivity contribution in [2.45, 2.75) is 12.8 Å². The van der Waals surface area contributed by atoms with E-state index in [0.29, 0.717) is 6.42 Å². The highest BCUT2D eigenvalue weighted by Crippen LogP contribution is 2.08. The molecule has 0 spiro atoms. The van der Waals surface area contributed by atoms with Crippen LogP contribution < -0.4 is 11.7 Å². The molecule has 1 aliphatic heterocycles. The zero-order valence-corrected chi connectivity index (χ0v) is 5.92. The summed E-state index contributed by atoms with van der Waals surface area (Å²) < 4.78 is 0. The average molecular weight is 143 g/mol. The van der Waals surface area contributed by atoms with Crippen LogP contribution in [0.1, 0.15) is 12.8 Å². The maximum absolute atomic E-state index is 10.7. The molecule has 4 heteroatoms. The van der Waals surface area contributed by atoms with Crippen molar-refractivity contribution in [1.82, 2.24) is 4.90 Å². The van der Waals surface area contributed by atoms with Gasteiger partial charge < -0.3 is 4.90 Å². The summed E-state index contributed by atoms with van der Waals surface area (Å²) in [4.78, 5) is 12.3. The minimum atomic E-state index is 0.208.